The number of carbonyl (C=O) groups is 1. The van der Waals surface area contributed by atoms with Crippen molar-refractivity contribution in [3.05, 3.63) is 79.1 Å². The first-order valence-corrected chi connectivity index (χ1v) is 12.4. The van der Waals surface area contributed by atoms with E-state index in [0.29, 0.717) is 25.3 Å². The second-order valence-electron chi connectivity index (χ2n) is 8.01. The van der Waals surface area contributed by atoms with Crippen LogP contribution in [0.25, 0.3) is 22.5 Å². The topological polar surface area (TPSA) is 78.0 Å². The van der Waals surface area contributed by atoms with Gasteiger partial charge in [0.1, 0.15) is 0 Å². The molecule has 2 aromatic carbocycles. The average molecular weight is 471 g/mol. The minimum absolute atomic E-state index is 0.180. The fraction of sp³-hybridized carbons (Fsp3) is 0.231. The van der Waals surface area contributed by atoms with Crippen molar-refractivity contribution in [3.8, 4) is 22.5 Å². The molecule has 8 heteroatoms. The lowest BCUT2D eigenvalue weighted by Gasteiger charge is -2.34. The fourth-order valence-electron chi connectivity index (χ4n) is 4.04. The minimum atomic E-state index is 0.180. The van der Waals surface area contributed by atoms with E-state index in [9.17, 15) is 4.79 Å². The molecule has 0 atom stereocenters. The molecule has 1 saturated heterocycles. The van der Waals surface area contributed by atoms with Gasteiger partial charge in [-0.25, -0.2) is 15.0 Å². The van der Waals surface area contributed by atoms with Crippen LogP contribution in [0.5, 0.6) is 0 Å². The minimum Gasteiger partial charge on any atom is -0.339 e. The maximum Gasteiger partial charge on any atom is 0.225 e. The van der Waals surface area contributed by atoms with E-state index in [-0.39, 0.29) is 5.91 Å². The van der Waals surface area contributed by atoms with Crippen molar-refractivity contribution in [2.45, 2.75) is 11.6 Å². The number of piperazine rings is 1. The van der Waals surface area contributed by atoms with Gasteiger partial charge < -0.3 is 14.8 Å². The van der Waals surface area contributed by atoms with Gasteiger partial charge in [-0.05, 0) is 6.07 Å². The predicted octanol–water partition coefficient (Wildman–Crippen LogP) is 4.36. The van der Waals surface area contributed by atoms with Gasteiger partial charge in [-0.15, -0.1) is 0 Å². The van der Waals surface area contributed by atoms with Gasteiger partial charge in [0.05, 0.1) is 11.4 Å². The highest BCUT2D eigenvalue weighted by molar-refractivity contribution is 7.99. The molecule has 3 heterocycles. The zero-order valence-corrected chi connectivity index (χ0v) is 19.6. The molecule has 1 aliphatic rings. The molecule has 0 bridgehead atoms. The number of nitrogens with one attached hydrogen (secondary N) is 1. The number of carbonyl (C=O) groups excluding carboxylic acids is 1. The number of anilines is 1. The highest BCUT2D eigenvalue weighted by Gasteiger charge is 2.22. The molecule has 172 valence electrons. The Morgan fingerprint density at radius 1 is 0.853 bits per heavy atom. The Balaban J connectivity index is 1.19. The van der Waals surface area contributed by atoms with Crippen molar-refractivity contribution in [3.63, 3.8) is 0 Å². The van der Waals surface area contributed by atoms with Gasteiger partial charge in [-0.2, -0.15) is 0 Å². The van der Waals surface area contributed by atoms with Crippen molar-refractivity contribution in [2.75, 3.05) is 36.8 Å². The number of hydrogen-bond donors (Lipinski definition) is 1. The summed E-state index contributed by atoms with van der Waals surface area (Å²) in [5, 5.41) is 0.830. The van der Waals surface area contributed by atoms with Crippen molar-refractivity contribution in [2.24, 2.45) is 0 Å². The Kier molecular flexibility index (Phi) is 6.86. The van der Waals surface area contributed by atoms with Gasteiger partial charge in [-0.3, -0.25) is 4.79 Å². The molecule has 1 N–H and O–H groups in total. The molecule has 1 fully saturated rings. The summed E-state index contributed by atoms with van der Waals surface area (Å²) in [5.41, 5.74) is 4.10. The van der Waals surface area contributed by atoms with Crippen molar-refractivity contribution >= 4 is 23.6 Å². The molecule has 1 aliphatic heterocycles. The van der Waals surface area contributed by atoms with Crippen molar-refractivity contribution in [1.29, 1.82) is 0 Å². The Morgan fingerprint density at radius 3 is 2.18 bits per heavy atom. The molecular weight excluding hydrogens is 444 g/mol. The molecule has 0 unspecified atom stereocenters. The van der Waals surface area contributed by atoms with Crippen LogP contribution >= 0.6 is 11.8 Å². The lowest BCUT2D eigenvalue weighted by molar-refractivity contribution is -0.131. The molecule has 0 spiro atoms. The molecular formula is C26H26N6OS. The first-order valence-electron chi connectivity index (χ1n) is 11.4. The summed E-state index contributed by atoms with van der Waals surface area (Å²) >= 11 is 1.59. The van der Waals surface area contributed by atoms with Crippen LogP contribution in [-0.2, 0) is 4.79 Å². The third-order valence-corrected chi connectivity index (χ3v) is 6.69. The Labute approximate surface area is 203 Å². The molecule has 0 radical (unpaired) electrons. The number of benzene rings is 2. The number of imidazole rings is 1. The zero-order valence-electron chi connectivity index (χ0n) is 18.8. The summed E-state index contributed by atoms with van der Waals surface area (Å²) in [6, 6.07) is 22.2. The van der Waals surface area contributed by atoms with Crippen LogP contribution in [0, 0.1) is 0 Å². The standard InChI is InChI=1S/C26H26N6OS/c33-22(31-15-17-32(18-16-31)25-27-13-7-14-28-25)12-19-34-26-29-23(20-8-3-1-4-9-20)24(30-26)21-10-5-2-6-11-21/h1-11,13-14H,12,15-19H2,(H,29,30). The Morgan fingerprint density at radius 2 is 1.50 bits per heavy atom. The zero-order chi connectivity index (χ0) is 23.2. The Hall–Kier alpha value is -3.65. The predicted molar refractivity (Wildman–Crippen MR) is 136 cm³/mol. The number of nitrogens with zero attached hydrogens (tertiary/aromatic N) is 5. The molecule has 34 heavy (non-hydrogen) atoms. The van der Waals surface area contributed by atoms with Crippen LogP contribution in [0.1, 0.15) is 6.42 Å². The maximum atomic E-state index is 12.8. The van der Waals surface area contributed by atoms with Crippen LogP contribution in [0.2, 0.25) is 0 Å². The number of rotatable bonds is 7. The van der Waals surface area contributed by atoms with E-state index in [1.807, 2.05) is 47.4 Å². The molecule has 1 amide bonds. The van der Waals surface area contributed by atoms with E-state index >= 15 is 0 Å². The summed E-state index contributed by atoms with van der Waals surface area (Å²) in [6.07, 6.45) is 3.98. The van der Waals surface area contributed by atoms with Crippen LogP contribution in [0.3, 0.4) is 0 Å². The first-order chi connectivity index (χ1) is 16.8. The first kappa shape index (κ1) is 22.2. The molecule has 0 aliphatic carbocycles. The van der Waals surface area contributed by atoms with Crippen LogP contribution in [-0.4, -0.2) is 62.7 Å². The summed E-state index contributed by atoms with van der Waals surface area (Å²) in [6.45, 7) is 2.89. The lowest BCUT2D eigenvalue weighted by atomic mass is 10.1. The third kappa shape index (κ3) is 5.12. The van der Waals surface area contributed by atoms with Gasteiger partial charge >= 0.3 is 0 Å². The number of thioether (sulfide) groups is 1. The fourth-order valence-corrected chi connectivity index (χ4v) is 4.84. The van der Waals surface area contributed by atoms with Crippen molar-refractivity contribution < 1.29 is 4.79 Å². The normalized spacial score (nSPS) is 13.8. The molecule has 0 saturated carbocycles. The van der Waals surface area contributed by atoms with E-state index in [4.69, 9.17) is 4.98 Å². The molecule has 4 aromatic rings. The number of aromatic amines is 1. The van der Waals surface area contributed by atoms with E-state index in [1.54, 1.807) is 24.2 Å². The largest absolute Gasteiger partial charge is 0.339 e. The molecule has 2 aromatic heterocycles. The Bertz CT molecular complexity index is 1150. The van der Waals surface area contributed by atoms with Crippen molar-refractivity contribution in [1.82, 2.24) is 24.8 Å². The molecule has 7 nitrogen and oxygen atoms in total. The van der Waals surface area contributed by atoms with Gasteiger partial charge in [0.15, 0.2) is 5.16 Å². The van der Waals surface area contributed by atoms with Crippen LogP contribution in [0.15, 0.2) is 84.3 Å². The summed E-state index contributed by atoms with van der Waals surface area (Å²) < 4.78 is 0. The SMILES string of the molecule is O=C(CCSc1nc(-c2ccccc2)c(-c2ccccc2)[nH]1)N1CCN(c2ncccn2)CC1. The van der Waals surface area contributed by atoms with E-state index in [0.717, 1.165) is 46.7 Å². The quantitative estimate of drug-likeness (QED) is 0.404. The summed E-state index contributed by atoms with van der Waals surface area (Å²) in [5.74, 6) is 1.59. The second-order valence-corrected chi connectivity index (χ2v) is 9.10. The van der Waals surface area contributed by atoms with Gasteiger partial charge in [0.2, 0.25) is 11.9 Å². The van der Waals surface area contributed by atoms with E-state index < -0.39 is 0 Å². The second kappa shape index (κ2) is 10.5. The maximum absolute atomic E-state index is 12.8. The monoisotopic (exact) mass is 470 g/mol. The number of amides is 1. The number of aromatic nitrogens is 4. The summed E-state index contributed by atoms with van der Waals surface area (Å²) in [4.78, 5) is 33.8. The van der Waals surface area contributed by atoms with Gasteiger partial charge in [-0.1, -0.05) is 72.4 Å². The third-order valence-electron chi connectivity index (χ3n) is 5.81. The lowest BCUT2D eigenvalue weighted by Crippen LogP contribution is -2.49. The smallest absolute Gasteiger partial charge is 0.225 e. The summed E-state index contributed by atoms with van der Waals surface area (Å²) in [7, 11) is 0. The highest BCUT2D eigenvalue weighted by atomic mass is 32.2. The molecule has 5 rings (SSSR count). The number of hydrogen-bond acceptors (Lipinski definition) is 6. The average Bonchev–Trinajstić information content (AvgIpc) is 3.34. The van der Waals surface area contributed by atoms with Gasteiger partial charge in [0.25, 0.3) is 0 Å². The van der Waals surface area contributed by atoms with E-state index in [2.05, 4.69) is 44.1 Å². The van der Waals surface area contributed by atoms with Gasteiger partial charge in [0, 0.05) is 61.9 Å². The van der Waals surface area contributed by atoms with Crippen LogP contribution < -0.4 is 4.90 Å². The van der Waals surface area contributed by atoms with E-state index in [1.165, 1.54) is 0 Å². The number of H-pyrrole nitrogens is 1. The van der Waals surface area contributed by atoms with Crippen LogP contribution in [0.4, 0.5) is 5.95 Å². The highest BCUT2D eigenvalue weighted by Crippen LogP contribution is 2.32.